The average Bonchev–Trinajstić information content (AvgIpc) is 2.29. The van der Waals surface area contributed by atoms with Crippen molar-refractivity contribution in [3.63, 3.8) is 0 Å². The Morgan fingerprint density at radius 3 is 2.76 bits per heavy atom. The van der Waals surface area contributed by atoms with Crippen LogP contribution in [0.2, 0.25) is 0 Å². The van der Waals surface area contributed by atoms with Crippen LogP contribution in [0.4, 0.5) is 0 Å². The van der Waals surface area contributed by atoms with Gasteiger partial charge in [0.15, 0.2) is 0 Å². The third-order valence-electron chi connectivity index (χ3n) is 3.79. The van der Waals surface area contributed by atoms with Crippen LogP contribution in [0.3, 0.4) is 0 Å². The molecule has 3 N–H and O–H groups in total. The third kappa shape index (κ3) is 5.34. The monoisotopic (exact) mass is 243 g/mol. The summed E-state index contributed by atoms with van der Waals surface area (Å²) >= 11 is 0. The molecule has 1 saturated heterocycles. The highest BCUT2D eigenvalue weighted by molar-refractivity contribution is 4.80. The van der Waals surface area contributed by atoms with Gasteiger partial charge in [0.05, 0.1) is 6.61 Å². The minimum absolute atomic E-state index is 0.0767. The number of hydrogen-bond donors (Lipinski definition) is 2. The molecule has 1 aliphatic rings. The molecule has 0 aromatic carbocycles. The summed E-state index contributed by atoms with van der Waals surface area (Å²) in [6.45, 7) is 5.49. The van der Waals surface area contributed by atoms with E-state index in [2.05, 4.69) is 23.9 Å². The number of nitrogens with zero attached hydrogens (tertiary/aromatic N) is 2. The molecule has 0 aliphatic carbocycles. The van der Waals surface area contributed by atoms with Crippen LogP contribution in [0.1, 0.15) is 32.6 Å². The predicted molar refractivity (Wildman–Crippen MR) is 72.1 cm³/mol. The molecule has 4 nitrogen and oxygen atoms in total. The molecule has 0 saturated carbocycles. The number of piperidine rings is 1. The molecule has 0 aromatic heterocycles. The predicted octanol–water partition coefficient (Wildman–Crippen LogP) is 0.502. The van der Waals surface area contributed by atoms with Gasteiger partial charge in [0.2, 0.25) is 0 Å². The number of nitrogens with two attached hydrogens (primary N) is 1. The lowest BCUT2D eigenvalue weighted by Gasteiger charge is -2.36. The second kappa shape index (κ2) is 6.69. The zero-order valence-corrected chi connectivity index (χ0v) is 11.7. The molecule has 4 heteroatoms. The first-order valence-corrected chi connectivity index (χ1v) is 6.73. The topological polar surface area (TPSA) is 52.7 Å². The van der Waals surface area contributed by atoms with Gasteiger partial charge in [0, 0.05) is 18.1 Å². The molecule has 0 spiro atoms. The summed E-state index contributed by atoms with van der Waals surface area (Å²) < 4.78 is 0. The van der Waals surface area contributed by atoms with Gasteiger partial charge in [-0.1, -0.05) is 0 Å². The van der Waals surface area contributed by atoms with Gasteiger partial charge in [-0.05, 0) is 59.8 Å². The zero-order valence-electron chi connectivity index (χ0n) is 11.7. The van der Waals surface area contributed by atoms with Crippen LogP contribution >= 0.6 is 0 Å². The molecule has 0 amide bonds. The minimum Gasteiger partial charge on any atom is -0.394 e. The van der Waals surface area contributed by atoms with Crippen LogP contribution in [0, 0.1) is 0 Å². The molecule has 0 radical (unpaired) electrons. The Kier molecular flexibility index (Phi) is 5.86. The number of likely N-dealkylation sites (tertiary alicyclic amines) is 1. The van der Waals surface area contributed by atoms with Gasteiger partial charge in [-0.2, -0.15) is 0 Å². The van der Waals surface area contributed by atoms with Crippen molar-refractivity contribution in [3.8, 4) is 0 Å². The van der Waals surface area contributed by atoms with Crippen LogP contribution < -0.4 is 5.73 Å². The summed E-state index contributed by atoms with van der Waals surface area (Å²) in [5.74, 6) is 0. The van der Waals surface area contributed by atoms with E-state index in [9.17, 15) is 0 Å². The summed E-state index contributed by atoms with van der Waals surface area (Å²) in [5.41, 5.74) is 5.52. The number of hydrogen-bond acceptors (Lipinski definition) is 4. The van der Waals surface area contributed by atoms with E-state index >= 15 is 0 Å². The summed E-state index contributed by atoms with van der Waals surface area (Å²) in [6, 6.07) is 0.700. The van der Waals surface area contributed by atoms with Gasteiger partial charge in [0.1, 0.15) is 0 Å². The Hall–Kier alpha value is -0.160. The fourth-order valence-corrected chi connectivity index (χ4v) is 2.44. The van der Waals surface area contributed by atoms with E-state index in [0.717, 1.165) is 19.4 Å². The number of likely N-dealkylation sites (N-methyl/N-ethyl adjacent to an activating group) is 1. The minimum atomic E-state index is -0.406. The van der Waals surface area contributed by atoms with Crippen molar-refractivity contribution >= 4 is 0 Å². The highest BCUT2D eigenvalue weighted by atomic mass is 16.3. The van der Waals surface area contributed by atoms with Crippen LogP contribution in [0.15, 0.2) is 0 Å². The molecule has 102 valence electrons. The molecule has 1 aliphatic heterocycles. The Bertz CT molecular complexity index is 219. The zero-order chi connectivity index (χ0) is 12.9. The smallest absolute Gasteiger partial charge is 0.0608 e. The summed E-state index contributed by atoms with van der Waals surface area (Å²) in [6.07, 6.45) is 4.58. The molecule has 1 rings (SSSR count). The fourth-order valence-electron chi connectivity index (χ4n) is 2.44. The van der Waals surface area contributed by atoms with Crippen molar-refractivity contribution in [2.75, 3.05) is 40.3 Å². The molecule has 2 atom stereocenters. The van der Waals surface area contributed by atoms with Crippen molar-refractivity contribution in [2.45, 2.75) is 44.2 Å². The van der Waals surface area contributed by atoms with E-state index in [1.165, 1.54) is 25.9 Å². The van der Waals surface area contributed by atoms with Crippen LogP contribution in [0.5, 0.6) is 0 Å². The second-order valence-corrected chi connectivity index (χ2v) is 5.98. The van der Waals surface area contributed by atoms with Gasteiger partial charge in [-0.25, -0.2) is 0 Å². The maximum Gasteiger partial charge on any atom is 0.0608 e. The Morgan fingerprint density at radius 2 is 2.18 bits per heavy atom. The highest BCUT2D eigenvalue weighted by Crippen LogP contribution is 2.15. The van der Waals surface area contributed by atoms with E-state index in [0.29, 0.717) is 6.04 Å². The van der Waals surface area contributed by atoms with Crippen molar-refractivity contribution in [2.24, 2.45) is 5.73 Å². The van der Waals surface area contributed by atoms with Gasteiger partial charge in [-0.3, -0.25) is 0 Å². The van der Waals surface area contributed by atoms with Crippen molar-refractivity contribution < 1.29 is 5.11 Å². The van der Waals surface area contributed by atoms with Crippen molar-refractivity contribution in [1.82, 2.24) is 9.80 Å². The maximum absolute atomic E-state index is 9.10. The average molecular weight is 243 g/mol. The number of aliphatic hydroxyl groups excluding tert-OH is 1. The maximum atomic E-state index is 9.10. The van der Waals surface area contributed by atoms with Gasteiger partial charge in [-0.15, -0.1) is 0 Å². The normalized spacial score (nSPS) is 26.1. The highest BCUT2D eigenvalue weighted by Gasteiger charge is 2.22. The molecule has 0 bridgehead atoms. The largest absolute Gasteiger partial charge is 0.394 e. The van der Waals surface area contributed by atoms with Crippen LogP contribution in [-0.2, 0) is 0 Å². The Balaban J connectivity index is 2.23. The van der Waals surface area contributed by atoms with E-state index in [-0.39, 0.29) is 6.61 Å². The van der Waals surface area contributed by atoms with Crippen LogP contribution in [-0.4, -0.2) is 66.8 Å². The number of rotatable bonds is 6. The van der Waals surface area contributed by atoms with Gasteiger partial charge >= 0.3 is 0 Å². The summed E-state index contributed by atoms with van der Waals surface area (Å²) in [4.78, 5) is 4.86. The Morgan fingerprint density at radius 1 is 1.47 bits per heavy atom. The fraction of sp³-hybridized carbons (Fsp3) is 1.00. The van der Waals surface area contributed by atoms with Gasteiger partial charge in [0.25, 0.3) is 0 Å². The quantitative estimate of drug-likeness (QED) is 0.713. The summed E-state index contributed by atoms with van der Waals surface area (Å²) in [7, 11) is 4.33. The van der Waals surface area contributed by atoms with E-state index in [4.69, 9.17) is 10.8 Å². The number of aliphatic hydroxyl groups is 1. The lowest BCUT2D eigenvalue weighted by atomic mass is 9.97. The van der Waals surface area contributed by atoms with Crippen molar-refractivity contribution in [3.05, 3.63) is 0 Å². The van der Waals surface area contributed by atoms with Gasteiger partial charge < -0.3 is 20.6 Å². The van der Waals surface area contributed by atoms with E-state index < -0.39 is 5.54 Å². The van der Waals surface area contributed by atoms with Crippen LogP contribution in [0.25, 0.3) is 0 Å². The van der Waals surface area contributed by atoms with E-state index in [1.54, 1.807) is 0 Å². The molecular formula is C13H29N3O. The third-order valence-corrected chi connectivity index (χ3v) is 3.79. The lowest BCUT2D eigenvalue weighted by Crippen LogP contribution is -2.46. The molecule has 1 fully saturated rings. The van der Waals surface area contributed by atoms with Crippen molar-refractivity contribution in [1.29, 1.82) is 0 Å². The molecule has 1 heterocycles. The SMILES string of the molecule is CN(C)C1CCCN(CCCC(C)(N)CO)C1. The summed E-state index contributed by atoms with van der Waals surface area (Å²) in [5, 5.41) is 9.10. The molecule has 17 heavy (non-hydrogen) atoms. The first-order valence-electron chi connectivity index (χ1n) is 6.73. The molecule has 0 aromatic rings. The second-order valence-electron chi connectivity index (χ2n) is 5.98. The first kappa shape index (κ1) is 14.9. The molecule has 2 unspecified atom stereocenters. The Labute approximate surface area is 106 Å². The van der Waals surface area contributed by atoms with E-state index in [1.807, 2.05) is 6.92 Å². The standard InChI is InChI=1S/C13H29N3O/c1-13(14,11-17)7-5-9-16-8-4-6-12(10-16)15(2)3/h12,17H,4-11,14H2,1-3H3. The molecular weight excluding hydrogens is 214 g/mol. The lowest BCUT2D eigenvalue weighted by molar-refractivity contribution is 0.126. The first-order chi connectivity index (χ1) is 7.94.